The Balaban J connectivity index is 1.51. The van der Waals surface area contributed by atoms with Gasteiger partial charge in [-0.2, -0.15) is 0 Å². The molecule has 1 aliphatic rings. The number of hydrogen-bond donors (Lipinski definition) is 1. The van der Waals surface area contributed by atoms with E-state index in [1.165, 1.54) is 0 Å². The minimum atomic E-state index is -0.294. The van der Waals surface area contributed by atoms with E-state index in [1.807, 2.05) is 48.5 Å². The van der Waals surface area contributed by atoms with Gasteiger partial charge in [-0.25, -0.2) is 4.39 Å². The summed E-state index contributed by atoms with van der Waals surface area (Å²) in [5.74, 6) is -0.617. The molecule has 5 nitrogen and oxygen atoms in total. The van der Waals surface area contributed by atoms with E-state index < -0.39 is 0 Å². The number of halogens is 2. The van der Waals surface area contributed by atoms with Crippen LogP contribution in [0.15, 0.2) is 60.8 Å². The first kappa shape index (κ1) is 27.8. The maximum atomic E-state index is 15.2. The fraction of sp³-hybridized carbons (Fsp3) is 0.387. The van der Waals surface area contributed by atoms with Gasteiger partial charge in [-0.05, 0) is 71.7 Å². The Labute approximate surface area is 229 Å². The number of nitrogens with zero attached hydrogens (tertiary/aromatic N) is 2. The molecule has 1 aliphatic heterocycles. The van der Waals surface area contributed by atoms with Crippen LogP contribution in [0.3, 0.4) is 0 Å². The van der Waals surface area contributed by atoms with E-state index >= 15 is 4.39 Å². The second kappa shape index (κ2) is 12.5. The van der Waals surface area contributed by atoms with E-state index in [0.29, 0.717) is 43.1 Å². The lowest BCUT2D eigenvalue weighted by atomic mass is 9.79. The maximum absolute atomic E-state index is 15.2. The highest BCUT2D eigenvalue weighted by atomic mass is 35.5. The predicted octanol–water partition coefficient (Wildman–Crippen LogP) is 6.25. The topological polar surface area (TPSA) is 62.3 Å². The third-order valence-corrected chi connectivity index (χ3v) is 7.90. The van der Waals surface area contributed by atoms with Gasteiger partial charge in [0.2, 0.25) is 11.8 Å². The summed E-state index contributed by atoms with van der Waals surface area (Å²) in [6.45, 7) is 7.31. The van der Waals surface area contributed by atoms with Gasteiger partial charge in [-0.1, -0.05) is 55.8 Å². The van der Waals surface area contributed by atoms with Crippen LogP contribution in [0.1, 0.15) is 73.4 Å². The van der Waals surface area contributed by atoms with Crippen molar-refractivity contribution in [3.8, 4) is 0 Å². The van der Waals surface area contributed by atoms with Crippen molar-refractivity contribution >= 4 is 23.4 Å². The maximum Gasteiger partial charge on any atom is 0.223 e. The monoisotopic (exact) mass is 535 g/mol. The average Bonchev–Trinajstić information content (AvgIpc) is 2.94. The van der Waals surface area contributed by atoms with E-state index in [-0.39, 0.29) is 35.4 Å². The van der Waals surface area contributed by atoms with Gasteiger partial charge in [-0.3, -0.25) is 14.6 Å². The number of aryl methyl sites for hydroxylation is 1. The highest BCUT2D eigenvalue weighted by Gasteiger charge is 2.28. The molecule has 0 saturated carbocycles. The van der Waals surface area contributed by atoms with Crippen LogP contribution >= 0.6 is 11.6 Å². The number of pyridine rings is 1. The highest BCUT2D eigenvalue weighted by molar-refractivity contribution is 6.30. The minimum absolute atomic E-state index is 0.00460. The number of benzene rings is 2. The number of nitrogens with one attached hydrogen (secondary N) is 1. The molecule has 1 fully saturated rings. The molecule has 38 heavy (non-hydrogen) atoms. The molecule has 1 unspecified atom stereocenters. The van der Waals surface area contributed by atoms with Crippen molar-refractivity contribution < 1.29 is 14.0 Å². The molecule has 1 N–H and O–H groups in total. The molecule has 1 aromatic heterocycles. The third kappa shape index (κ3) is 6.60. The number of rotatable bonds is 8. The first-order chi connectivity index (χ1) is 18.3. The van der Waals surface area contributed by atoms with Crippen molar-refractivity contribution in [1.82, 2.24) is 15.2 Å². The van der Waals surface area contributed by atoms with E-state index in [2.05, 4.69) is 19.2 Å². The van der Waals surface area contributed by atoms with Gasteiger partial charge in [0.05, 0.1) is 0 Å². The van der Waals surface area contributed by atoms with Crippen LogP contribution < -0.4 is 5.32 Å². The zero-order valence-electron chi connectivity index (χ0n) is 22.2. The Morgan fingerprint density at radius 3 is 2.37 bits per heavy atom. The Morgan fingerprint density at radius 2 is 1.76 bits per heavy atom. The van der Waals surface area contributed by atoms with Gasteiger partial charge in [0, 0.05) is 55.3 Å². The number of piperidine rings is 1. The average molecular weight is 536 g/mol. The second-order valence-electron chi connectivity index (χ2n) is 10.1. The molecule has 4 rings (SSSR count). The van der Waals surface area contributed by atoms with E-state index in [9.17, 15) is 9.59 Å². The first-order valence-corrected chi connectivity index (χ1v) is 13.7. The highest BCUT2D eigenvalue weighted by Crippen LogP contribution is 2.39. The van der Waals surface area contributed by atoms with Gasteiger partial charge in [-0.15, -0.1) is 0 Å². The fourth-order valence-electron chi connectivity index (χ4n) is 5.21. The van der Waals surface area contributed by atoms with Crippen molar-refractivity contribution in [2.75, 3.05) is 13.1 Å². The van der Waals surface area contributed by atoms with Gasteiger partial charge in [0.15, 0.2) is 0 Å². The Bertz CT molecular complexity index is 1260. The van der Waals surface area contributed by atoms with Gasteiger partial charge in [0.1, 0.15) is 5.82 Å². The molecule has 0 aliphatic carbocycles. The fourth-order valence-corrected chi connectivity index (χ4v) is 5.34. The Morgan fingerprint density at radius 1 is 1.08 bits per heavy atom. The van der Waals surface area contributed by atoms with Crippen molar-refractivity contribution in [2.24, 2.45) is 5.92 Å². The van der Waals surface area contributed by atoms with Gasteiger partial charge >= 0.3 is 0 Å². The zero-order chi connectivity index (χ0) is 27.2. The standard InChI is InChI=1S/C31H35ClFN3O2/c1-4-22-5-11-28(33)27(17-22)30(20(2)24-7-9-26(32)10-8-24)29-12-6-23(18-34-29)19-35-31(38)25-13-15-36(16-14-25)21(3)37/h5-12,17-18,20,25,30H,4,13-16,19H2,1-3H3,(H,35,38)/t20-,30?/m1/s1. The van der Waals surface area contributed by atoms with Gasteiger partial charge in [0.25, 0.3) is 0 Å². The molecule has 2 heterocycles. The molecule has 0 spiro atoms. The van der Waals surface area contributed by atoms with Crippen LogP contribution in [-0.4, -0.2) is 34.8 Å². The quantitative estimate of drug-likeness (QED) is 0.371. The lowest BCUT2D eigenvalue weighted by Crippen LogP contribution is -2.42. The molecule has 2 aromatic carbocycles. The number of carbonyl (C=O) groups is 2. The SMILES string of the molecule is CCc1ccc(F)c(C(c2ccc(CNC(=O)C3CCN(C(C)=O)CC3)cn2)[C@H](C)c2ccc(Cl)cc2)c1. The molecule has 7 heteroatoms. The molecule has 3 aromatic rings. The summed E-state index contributed by atoms with van der Waals surface area (Å²) in [6.07, 6.45) is 3.93. The predicted molar refractivity (Wildman–Crippen MR) is 149 cm³/mol. The molecule has 1 saturated heterocycles. The van der Waals surface area contributed by atoms with Crippen LogP contribution in [0.4, 0.5) is 4.39 Å². The molecule has 200 valence electrons. The van der Waals surface area contributed by atoms with Crippen LogP contribution in [0.5, 0.6) is 0 Å². The Hall–Kier alpha value is -3.25. The normalized spacial score (nSPS) is 15.7. The van der Waals surface area contributed by atoms with Crippen molar-refractivity contribution in [1.29, 1.82) is 0 Å². The van der Waals surface area contributed by atoms with Crippen LogP contribution in [0.2, 0.25) is 5.02 Å². The minimum Gasteiger partial charge on any atom is -0.352 e. The van der Waals surface area contributed by atoms with E-state index in [1.54, 1.807) is 24.1 Å². The van der Waals surface area contributed by atoms with Gasteiger partial charge < -0.3 is 10.2 Å². The molecule has 0 radical (unpaired) electrons. The number of hydrogen-bond acceptors (Lipinski definition) is 3. The molecule has 2 amide bonds. The number of amides is 2. The third-order valence-electron chi connectivity index (χ3n) is 7.64. The summed E-state index contributed by atoms with van der Waals surface area (Å²) in [6, 6.07) is 16.9. The summed E-state index contributed by atoms with van der Waals surface area (Å²) >= 11 is 6.11. The number of carbonyl (C=O) groups excluding carboxylic acids is 2. The van der Waals surface area contributed by atoms with Crippen molar-refractivity contribution in [3.63, 3.8) is 0 Å². The molecular formula is C31H35ClFN3O2. The molecule has 0 bridgehead atoms. The molecule has 2 atom stereocenters. The zero-order valence-corrected chi connectivity index (χ0v) is 23.0. The summed E-state index contributed by atoms with van der Waals surface area (Å²) < 4.78 is 15.2. The van der Waals surface area contributed by atoms with Crippen LogP contribution in [0.25, 0.3) is 0 Å². The number of likely N-dealkylation sites (tertiary alicyclic amines) is 1. The second-order valence-corrected chi connectivity index (χ2v) is 10.6. The molecular weight excluding hydrogens is 501 g/mol. The lowest BCUT2D eigenvalue weighted by Gasteiger charge is -2.30. The Kier molecular flexibility index (Phi) is 9.16. The summed E-state index contributed by atoms with van der Waals surface area (Å²) in [5, 5.41) is 3.67. The summed E-state index contributed by atoms with van der Waals surface area (Å²) in [5.41, 5.74) is 4.39. The summed E-state index contributed by atoms with van der Waals surface area (Å²) in [7, 11) is 0. The van der Waals surface area contributed by atoms with E-state index in [4.69, 9.17) is 16.6 Å². The van der Waals surface area contributed by atoms with E-state index in [0.717, 1.165) is 28.8 Å². The lowest BCUT2D eigenvalue weighted by molar-refractivity contribution is -0.134. The largest absolute Gasteiger partial charge is 0.352 e. The van der Waals surface area contributed by atoms with Crippen LogP contribution in [0, 0.1) is 11.7 Å². The first-order valence-electron chi connectivity index (χ1n) is 13.3. The van der Waals surface area contributed by atoms with Crippen LogP contribution in [-0.2, 0) is 22.6 Å². The number of aromatic nitrogens is 1. The van der Waals surface area contributed by atoms with Crippen molar-refractivity contribution in [3.05, 3.63) is 99.6 Å². The smallest absolute Gasteiger partial charge is 0.223 e. The van der Waals surface area contributed by atoms with Crippen molar-refractivity contribution in [2.45, 2.75) is 58.4 Å². The summed E-state index contributed by atoms with van der Waals surface area (Å²) in [4.78, 5) is 30.8.